The zero-order valence-electron chi connectivity index (χ0n) is 13.4. The number of ether oxygens (including phenoxy) is 1. The Hall–Kier alpha value is -2.60. The van der Waals surface area contributed by atoms with Gasteiger partial charge in [0.15, 0.2) is 0 Å². The van der Waals surface area contributed by atoms with Crippen molar-refractivity contribution in [2.24, 2.45) is 0 Å². The van der Waals surface area contributed by atoms with Crippen molar-refractivity contribution >= 4 is 23.4 Å². The van der Waals surface area contributed by atoms with Gasteiger partial charge < -0.3 is 15.4 Å². The number of nitrogens with one attached hydrogen (secondary N) is 2. The predicted octanol–water partition coefficient (Wildman–Crippen LogP) is 2.18. The molecule has 0 fully saturated rings. The summed E-state index contributed by atoms with van der Waals surface area (Å²) in [5.41, 5.74) is 1.18. The maximum Gasteiger partial charge on any atom is 0.253 e. The lowest BCUT2D eigenvalue weighted by Crippen LogP contribution is -2.44. The van der Waals surface area contributed by atoms with Crippen LogP contribution in [-0.2, 0) is 11.3 Å². The topological polar surface area (TPSA) is 80.3 Å². The van der Waals surface area contributed by atoms with Crippen molar-refractivity contribution in [2.45, 2.75) is 19.5 Å². The number of amides is 2. The summed E-state index contributed by atoms with van der Waals surface area (Å²) >= 11 is 5.97. The first-order chi connectivity index (χ1) is 11.5. The molecule has 1 heterocycles. The Morgan fingerprint density at radius 1 is 1.29 bits per heavy atom. The first-order valence-corrected chi connectivity index (χ1v) is 7.71. The van der Waals surface area contributed by atoms with Crippen LogP contribution in [0.5, 0.6) is 5.88 Å². The van der Waals surface area contributed by atoms with Crippen molar-refractivity contribution in [2.75, 3.05) is 7.11 Å². The molecule has 24 heavy (non-hydrogen) atoms. The van der Waals surface area contributed by atoms with Crippen LogP contribution in [0.3, 0.4) is 0 Å². The molecular formula is C17H18ClN3O3. The van der Waals surface area contributed by atoms with Crippen LogP contribution >= 0.6 is 11.6 Å². The molecule has 126 valence electrons. The number of nitrogens with zero attached hydrogens (tertiary/aromatic N) is 1. The Balaban J connectivity index is 1.90. The van der Waals surface area contributed by atoms with E-state index in [0.717, 1.165) is 5.56 Å². The number of carbonyl (C=O) groups excluding carboxylic acids is 2. The van der Waals surface area contributed by atoms with E-state index in [0.29, 0.717) is 23.0 Å². The molecule has 1 atom stereocenters. The molecule has 1 aromatic heterocycles. The lowest BCUT2D eigenvalue weighted by atomic mass is 10.2. The largest absolute Gasteiger partial charge is 0.481 e. The number of methoxy groups -OCH3 is 1. The van der Waals surface area contributed by atoms with Gasteiger partial charge in [0, 0.05) is 18.8 Å². The average molecular weight is 348 g/mol. The van der Waals surface area contributed by atoms with Crippen LogP contribution in [0.4, 0.5) is 0 Å². The van der Waals surface area contributed by atoms with Gasteiger partial charge in [-0.25, -0.2) is 4.98 Å². The number of hydrogen-bond acceptors (Lipinski definition) is 4. The predicted molar refractivity (Wildman–Crippen MR) is 91.0 cm³/mol. The molecule has 0 saturated heterocycles. The molecule has 2 aromatic rings. The van der Waals surface area contributed by atoms with Gasteiger partial charge in [0.2, 0.25) is 11.8 Å². The molecule has 2 amide bonds. The number of halogens is 1. The maximum absolute atomic E-state index is 12.1. The molecule has 0 aliphatic heterocycles. The van der Waals surface area contributed by atoms with E-state index in [1.807, 2.05) is 0 Å². The molecule has 1 aromatic carbocycles. The molecule has 6 nitrogen and oxygen atoms in total. The Kier molecular flexibility index (Phi) is 6.14. The highest BCUT2D eigenvalue weighted by Crippen LogP contribution is 2.14. The van der Waals surface area contributed by atoms with Crippen molar-refractivity contribution in [1.82, 2.24) is 15.6 Å². The highest BCUT2D eigenvalue weighted by molar-refractivity contribution is 6.33. The van der Waals surface area contributed by atoms with E-state index in [2.05, 4.69) is 15.6 Å². The first kappa shape index (κ1) is 17.7. The third-order valence-corrected chi connectivity index (χ3v) is 3.66. The van der Waals surface area contributed by atoms with E-state index in [9.17, 15) is 9.59 Å². The lowest BCUT2D eigenvalue weighted by Gasteiger charge is -2.15. The van der Waals surface area contributed by atoms with E-state index >= 15 is 0 Å². The fourth-order valence-electron chi connectivity index (χ4n) is 2.00. The molecule has 7 heteroatoms. The third kappa shape index (κ3) is 4.70. The summed E-state index contributed by atoms with van der Waals surface area (Å²) in [6.45, 7) is 1.92. The number of pyridine rings is 1. The molecule has 0 radical (unpaired) electrons. The van der Waals surface area contributed by atoms with Crippen molar-refractivity contribution in [3.05, 3.63) is 58.7 Å². The summed E-state index contributed by atoms with van der Waals surface area (Å²) < 4.78 is 5.03. The molecule has 0 aliphatic rings. The monoisotopic (exact) mass is 347 g/mol. The summed E-state index contributed by atoms with van der Waals surface area (Å²) in [6, 6.07) is 9.48. The van der Waals surface area contributed by atoms with E-state index in [1.165, 1.54) is 7.11 Å². The van der Waals surface area contributed by atoms with Gasteiger partial charge in [0.1, 0.15) is 6.04 Å². The summed E-state index contributed by atoms with van der Waals surface area (Å²) in [5, 5.41) is 5.71. The van der Waals surface area contributed by atoms with Crippen molar-refractivity contribution in [1.29, 1.82) is 0 Å². The third-order valence-electron chi connectivity index (χ3n) is 3.33. The Bertz CT molecular complexity index is 737. The van der Waals surface area contributed by atoms with Crippen LogP contribution in [0.15, 0.2) is 42.6 Å². The van der Waals surface area contributed by atoms with Crippen LogP contribution in [0, 0.1) is 0 Å². The van der Waals surface area contributed by atoms with Gasteiger partial charge in [-0.1, -0.05) is 23.7 Å². The van der Waals surface area contributed by atoms with Gasteiger partial charge in [-0.3, -0.25) is 9.59 Å². The summed E-state index contributed by atoms with van der Waals surface area (Å²) in [4.78, 5) is 28.3. The molecular weight excluding hydrogens is 330 g/mol. The summed E-state index contributed by atoms with van der Waals surface area (Å²) in [6.07, 6.45) is 1.60. The Morgan fingerprint density at radius 3 is 2.75 bits per heavy atom. The van der Waals surface area contributed by atoms with Crippen LogP contribution in [0.1, 0.15) is 22.8 Å². The van der Waals surface area contributed by atoms with Crippen LogP contribution < -0.4 is 15.4 Å². The normalized spacial score (nSPS) is 11.5. The van der Waals surface area contributed by atoms with Gasteiger partial charge in [-0.2, -0.15) is 0 Å². The average Bonchev–Trinajstić information content (AvgIpc) is 2.60. The van der Waals surface area contributed by atoms with Gasteiger partial charge in [-0.15, -0.1) is 0 Å². The van der Waals surface area contributed by atoms with Gasteiger partial charge in [-0.05, 0) is 30.7 Å². The van der Waals surface area contributed by atoms with E-state index in [-0.39, 0.29) is 5.91 Å². The van der Waals surface area contributed by atoms with Crippen LogP contribution in [0.25, 0.3) is 0 Å². The highest BCUT2D eigenvalue weighted by Gasteiger charge is 2.17. The van der Waals surface area contributed by atoms with Crippen molar-refractivity contribution in [3.8, 4) is 5.88 Å². The Labute approximate surface area is 145 Å². The second-order valence-corrected chi connectivity index (χ2v) is 5.51. The van der Waals surface area contributed by atoms with Crippen molar-refractivity contribution in [3.63, 3.8) is 0 Å². The number of rotatable bonds is 6. The van der Waals surface area contributed by atoms with Crippen molar-refractivity contribution < 1.29 is 14.3 Å². The minimum Gasteiger partial charge on any atom is -0.481 e. The van der Waals surface area contributed by atoms with E-state index in [1.54, 1.807) is 49.5 Å². The summed E-state index contributed by atoms with van der Waals surface area (Å²) in [5.74, 6) is -0.221. The van der Waals surface area contributed by atoms with E-state index in [4.69, 9.17) is 16.3 Å². The second kappa shape index (κ2) is 8.31. The standard InChI is InChI=1S/C17H18ClN3O3/c1-11(21-17(23)13-5-3-4-6-14(13)18)16(22)20-10-12-7-8-19-15(9-12)24-2/h3-9,11H,10H2,1-2H3,(H,20,22)(H,21,23)/t11-/m1/s1. The fourth-order valence-corrected chi connectivity index (χ4v) is 2.22. The van der Waals surface area contributed by atoms with Crippen LogP contribution in [-0.4, -0.2) is 29.9 Å². The SMILES string of the molecule is COc1cc(CNC(=O)[C@@H](C)NC(=O)c2ccccc2Cl)ccn1. The lowest BCUT2D eigenvalue weighted by molar-refractivity contribution is -0.122. The fraction of sp³-hybridized carbons (Fsp3) is 0.235. The van der Waals surface area contributed by atoms with Gasteiger partial charge in [0.25, 0.3) is 5.91 Å². The zero-order chi connectivity index (χ0) is 17.5. The molecule has 2 rings (SSSR count). The number of aromatic nitrogens is 1. The quantitative estimate of drug-likeness (QED) is 0.839. The highest BCUT2D eigenvalue weighted by atomic mass is 35.5. The summed E-state index contributed by atoms with van der Waals surface area (Å²) in [7, 11) is 1.52. The molecule has 0 spiro atoms. The number of carbonyl (C=O) groups is 2. The van der Waals surface area contributed by atoms with Gasteiger partial charge >= 0.3 is 0 Å². The minimum atomic E-state index is -0.697. The second-order valence-electron chi connectivity index (χ2n) is 5.10. The number of hydrogen-bond donors (Lipinski definition) is 2. The molecule has 0 saturated carbocycles. The molecule has 0 aliphatic carbocycles. The molecule has 0 bridgehead atoms. The zero-order valence-corrected chi connectivity index (χ0v) is 14.1. The number of benzene rings is 1. The minimum absolute atomic E-state index is 0.300. The Morgan fingerprint density at radius 2 is 2.04 bits per heavy atom. The first-order valence-electron chi connectivity index (χ1n) is 7.33. The maximum atomic E-state index is 12.1. The van der Waals surface area contributed by atoms with Crippen LogP contribution in [0.2, 0.25) is 5.02 Å². The van der Waals surface area contributed by atoms with E-state index < -0.39 is 11.9 Å². The smallest absolute Gasteiger partial charge is 0.253 e. The molecule has 2 N–H and O–H groups in total. The molecule has 0 unspecified atom stereocenters. The van der Waals surface area contributed by atoms with Gasteiger partial charge in [0.05, 0.1) is 17.7 Å².